The normalized spacial score (nSPS) is 10.3. The molecule has 0 aliphatic heterocycles. The number of aryl methyl sites for hydroxylation is 2. The van der Waals surface area contributed by atoms with Crippen molar-refractivity contribution in [2.24, 2.45) is 0 Å². The van der Waals surface area contributed by atoms with Crippen LogP contribution >= 0.6 is 0 Å². The molecule has 0 radical (unpaired) electrons. The Morgan fingerprint density at radius 1 is 1.06 bits per heavy atom. The first-order chi connectivity index (χ1) is 8.56. The molecular weight excluding hydrogens is 224 g/mol. The third-order valence-electron chi connectivity index (χ3n) is 3.09. The first-order valence-electron chi connectivity index (χ1n) is 5.94. The smallest absolute Gasteiger partial charge is 0.335 e. The topological polar surface area (TPSA) is 37.3 Å². The van der Waals surface area contributed by atoms with E-state index < -0.39 is 5.97 Å². The molecule has 2 aromatic rings. The Morgan fingerprint density at radius 3 is 2.28 bits per heavy atom. The van der Waals surface area contributed by atoms with Gasteiger partial charge in [-0.05, 0) is 49.1 Å². The molecule has 0 fully saturated rings. The molecule has 0 bridgehead atoms. The Kier molecular flexibility index (Phi) is 3.47. The number of carboxylic acids is 1. The van der Waals surface area contributed by atoms with Gasteiger partial charge in [-0.3, -0.25) is 0 Å². The van der Waals surface area contributed by atoms with Gasteiger partial charge in [-0.15, -0.1) is 0 Å². The van der Waals surface area contributed by atoms with Crippen molar-refractivity contribution in [1.82, 2.24) is 0 Å². The predicted octanol–water partition coefficient (Wildman–Crippen LogP) is 3.59. The van der Waals surface area contributed by atoms with Crippen LogP contribution in [0.5, 0.6) is 0 Å². The molecule has 0 atom stereocenters. The lowest BCUT2D eigenvalue weighted by Crippen LogP contribution is -1.97. The van der Waals surface area contributed by atoms with E-state index in [2.05, 4.69) is 32.0 Å². The second-order valence-corrected chi connectivity index (χ2v) is 4.61. The zero-order chi connectivity index (χ0) is 13.1. The standard InChI is InChI=1S/C16H16O2/c1-11-3-6-15(12(2)9-11)10-13-4-7-14(8-5-13)16(17)18/h3-9H,10H2,1-2H3,(H,17,18). The minimum absolute atomic E-state index is 0.333. The molecule has 0 aliphatic rings. The van der Waals surface area contributed by atoms with E-state index >= 15 is 0 Å². The lowest BCUT2D eigenvalue weighted by atomic mass is 9.98. The number of hydrogen-bond acceptors (Lipinski definition) is 1. The molecule has 0 spiro atoms. The number of hydrogen-bond donors (Lipinski definition) is 1. The minimum Gasteiger partial charge on any atom is -0.478 e. The van der Waals surface area contributed by atoms with Crippen LogP contribution in [0.15, 0.2) is 42.5 Å². The highest BCUT2D eigenvalue weighted by molar-refractivity contribution is 5.87. The van der Waals surface area contributed by atoms with E-state index in [1.165, 1.54) is 16.7 Å². The minimum atomic E-state index is -0.881. The SMILES string of the molecule is Cc1ccc(Cc2ccc(C(=O)O)cc2)c(C)c1. The maximum absolute atomic E-state index is 10.8. The van der Waals surface area contributed by atoms with Crippen LogP contribution in [0, 0.1) is 13.8 Å². The molecule has 1 N–H and O–H groups in total. The van der Waals surface area contributed by atoms with Crippen LogP contribution in [0.25, 0.3) is 0 Å². The van der Waals surface area contributed by atoms with Gasteiger partial charge in [0.1, 0.15) is 0 Å². The van der Waals surface area contributed by atoms with Crippen LogP contribution in [0.4, 0.5) is 0 Å². The molecule has 0 saturated carbocycles. The van der Waals surface area contributed by atoms with Crippen molar-refractivity contribution in [2.75, 3.05) is 0 Å². The largest absolute Gasteiger partial charge is 0.478 e. The van der Waals surface area contributed by atoms with Gasteiger partial charge in [-0.2, -0.15) is 0 Å². The molecule has 2 aromatic carbocycles. The molecule has 0 amide bonds. The zero-order valence-electron chi connectivity index (χ0n) is 10.6. The average Bonchev–Trinajstić information content (AvgIpc) is 2.33. The quantitative estimate of drug-likeness (QED) is 0.890. The van der Waals surface area contributed by atoms with Crippen molar-refractivity contribution in [2.45, 2.75) is 20.3 Å². The van der Waals surface area contributed by atoms with Gasteiger partial charge in [0.25, 0.3) is 0 Å². The summed E-state index contributed by atoms with van der Waals surface area (Å²) in [7, 11) is 0. The second kappa shape index (κ2) is 5.05. The van der Waals surface area contributed by atoms with E-state index in [-0.39, 0.29) is 0 Å². The summed E-state index contributed by atoms with van der Waals surface area (Å²) >= 11 is 0. The van der Waals surface area contributed by atoms with E-state index in [9.17, 15) is 4.79 Å². The lowest BCUT2D eigenvalue weighted by molar-refractivity contribution is 0.0697. The zero-order valence-corrected chi connectivity index (χ0v) is 10.6. The fourth-order valence-corrected chi connectivity index (χ4v) is 2.03. The third kappa shape index (κ3) is 2.77. The summed E-state index contributed by atoms with van der Waals surface area (Å²) in [5.41, 5.74) is 5.28. The van der Waals surface area contributed by atoms with Crippen molar-refractivity contribution in [3.8, 4) is 0 Å². The van der Waals surface area contributed by atoms with Gasteiger partial charge in [0.05, 0.1) is 5.56 Å². The molecule has 18 heavy (non-hydrogen) atoms. The average molecular weight is 240 g/mol. The lowest BCUT2D eigenvalue weighted by Gasteiger charge is -2.07. The summed E-state index contributed by atoms with van der Waals surface area (Å²) in [6.45, 7) is 4.19. The first-order valence-corrected chi connectivity index (χ1v) is 5.94. The van der Waals surface area contributed by atoms with Gasteiger partial charge in [0.2, 0.25) is 0 Å². The molecule has 0 heterocycles. The van der Waals surface area contributed by atoms with Gasteiger partial charge in [0, 0.05) is 0 Å². The Balaban J connectivity index is 2.21. The van der Waals surface area contributed by atoms with E-state index in [1.807, 2.05) is 12.1 Å². The van der Waals surface area contributed by atoms with Crippen LogP contribution in [-0.4, -0.2) is 11.1 Å². The fraction of sp³-hybridized carbons (Fsp3) is 0.188. The van der Waals surface area contributed by atoms with E-state index in [0.717, 1.165) is 12.0 Å². The maximum atomic E-state index is 10.8. The molecule has 0 aliphatic carbocycles. The maximum Gasteiger partial charge on any atom is 0.335 e. The second-order valence-electron chi connectivity index (χ2n) is 4.61. The Morgan fingerprint density at radius 2 is 1.72 bits per heavy atom. The van der Waals surface area contributed by atoms with Crippen molar-refractivity contribution in [3.05, 3.63) is 70.3 Å². The molecule has 0 saturated heterocycles. The molecule has 2 heteroatoms. The van der Waals surface area contributed by atoms with Crippen molar-refractivity contribution < 1.29 is 9.90 Å². The fourth-order valence-electron chi connectivity index (χ4n) is 2.03. The summed E-state index contributed by atoms with van der Waals surface area (Å²) in [5.74, 6) is -0.881. The van der Waals surface area contributed by atoms with Gasteiger partial charge >= 0.3 is 5.97 Å². The first kappa shape index (κ1) is 12.4. The van der Waals surface area contributed by atoms with Crippen LogP contribution in [-0.2, 0) is 6.42 Å². The van der Waals surface area contributed by atoms with Crippen LogP contribution < -0.4 is 0 Å². The molecule has 0 unspecified atom stereocenters. The summed E-state index contributed by atoms with van der Waals surface area (Å²) in [6, 6.07) is 13.5. The molecular formula is C16H16O2. The number of carboxylic acid groups (broad SMARTS) is 1. The van der Waals surface area contributed by atoms with Gasteiger partial charge in [0.15, 0.2) is 0 Å². The summed E-state index contributed by atoms with van der Waals surface area (Å²) < 4.78 is 0. The number of aromatic carboxylic acids is 1. The van der Waals surface area contributed by atoms with Gasteiger partial charge < -0.3 is 5.11 Å². The molecule has 2 nitrogen and oxygen atoms in total. The Labute approximate surface area is 107 Å². The van der Waals surface area contributed by atoms with Crippen LogP contribution in [0.1, 0.15) is 32.6 Å². The highest BCUT2D eigenvalue weighted by Crippen LogP contribution is 2.16. The van der Waals surface area contributed by atoms with Crippen molar-refractivity contribution in [1.29, 1.82) is 0 Å². The molecule has 0 aromatic heterocycles. The highest BCUT2D eigenvalue weighted by Gasteiger charge is 2.04. The highest BCUT2D eigenvalue weighted by atomic mass is 16.4. The number of rotatable bonds is 3. The van der Waals surface area contributed by atoms with Crippen molar-refractivity contribution >= 4 is 5.97 Å². The van der Waals surface area contributed by atoms with E-state index in [4.69, 9.17) is 5.11 Å². The third-order valence-corrected chi connectivity index (χ3v) is 3.09. The predicted molar refractivity (Wildman–Crippen MR) is 72.1 cm³/mol. The summed E-state index contributed by atoms with van der Waals surface area (Å²) in [6.07, 6.45) is 0.839. The van der Waals surface area contributed by atoms with Crippen LogP contribution in [0.2, 0.25) is 0 Å². The Hall–Kier alpha value is -2.09. The number of benzene rings is 2. The monoisotopic (exact) mass is 240 g/mol. The van der Waals surface area contributed by atoms with Gasteiger partial charge in [-0.25, -0.2) is 4.79 Å². The van der Waals surface area contributed by atoms with Crippen molar-refractivity contribution in [3.63, 3.8) is 0 Å². The van der Waals surface area contributed by atoms with Crippen LogP contribution in [0.3, 0.4) is 0 Å². The Bertz CT molecular complexity index is 568. The molecule has 2 rings (SSSR count). The number of carbonyl (C=O) groups is 1. The van der Waals surface area contributed by atoms with E-state index in [1.54, 1.807) is 12.1 Å². The summed E-state index contributed by atoms with van der Waals surface area (Å²) in [4.78, 5) is 10.8. The molecule has 92 valence electrons. The van der Waals surface area contributed by atoms with Gasteiger partial charge in [-0.1, -0.05) is 35.9 Å². The summed E-state index contributed by atoms with van der Waals surface area (Å²) in [5, 5.41) is 8.84. The van der Waals surface area contributed by atoms with E-state index in [0.29, 0.717) is 5.56 Å².